The van der Waals surface area contributed by atoms with Crippen LogP contribution in [0.25, 0.3) is 0 Å². The van der Waals surface area contributed by atoms with Crippen LogP contribution in [0.2, 0.25) is 10.0 Å². The molecule has 2 aromatic carbocycles. The Labute approximate surface area is 191 Å². The second-order valence-corrected chi connectivity index (χ2v) is 8.20. The Morgan fingerprint density at radius 2 is 1.84 bits per heavy atom. The SMILES string of the molecule is CC1C(C(=O)NCCCc2ccc(Cl)c(Cl)c2)C(=O)C(=O)N1CCOc1ccccc1. The molecule has 1 aliphatic heterocycles. The quantitative estimate of drug-likeness (QED) is 0.351. The van der Waals surface area contributed by atoms with E-state index in [1.54, 1.807) is 19.1 Å². The first-order valence-electron chi connectivity index (χ1n) is 10.1. The summed E-state index contributed by atoms with van der Waals surface area (Å²) in [7, 11) is 0. The Kier molecular flexibility index (Phi) is 7.93. The summed E-state index contributed by atoms with van der Waals surface area (Å²) in [5, 5.41) is 3.76. The van der Waals surface area contributed by atoms with Gasteiger partial charge in [0.25, 0.3) is 5.91 Å². The molecule has 0 aromatic heterocycles. The van der Waals surface area contributed by atoms with E-state index in [1.807, 2.05) is 36.4 Å². The maximum Gasteiger partial charge on any atom is 0.291 e. The van der Waals surface area contributed by atoms with Crippen LogP contribution in [0.3, 0.4) is 0 Å². The number of aryl methyl sites for hydroxylation is 1. The molecule has 2 amide bonds. The number of ketones is 1. The Hall–Kier alpha value is -2.57. The number of Topliss-reactive ketones (excluding diaryl/α,β-unsaturated/α-hetero) is 1. The van der Waals surface area contributed by atoms with Crippen molar-refractivity contribution in [2.75, 3.05) is 19.7 Å². The highest BCUT2D eigenvalue weighted by Crippen LogP contribution is 2.24. The lowest BCUT2D eigenvalue weighted by atomic mass is 9.99. The number of para-hydroxylation sites is 1. The van der Waals surface area contributed by atoms with Crippen LogP contribution < -0.4 is 10.1 Å². The second-order valence-electron chi connectivity index (χ2n) is 7.39. The Bertz CT molecular complexity index is 952. The summed E-state index contributed by atoms with van der Waals surface area (Å²) in [5.41, 5.74) is 1.01. The van der Waals surface area contributed by atoms with E-state index < -0.39 is 29.6 Å². The Morgan fingerprint density at radius 3 is 2.55 bits per heavy atom. The molecular weight excluding hydrogens is 439 g/mol. The van der Waals surface area contributed by atoms with Gasteiger partial charge in [-0.3, -0.25) is 14.4 Å². The van der Waals surface area contributed by atoms with Crippen LogP contribution in [0.15, 0.2) is 48.5 Å². The van der Waals surface area contributed by atoms with Crippen LogP contribution >= 0.6 is 23.2 Å². The zero-order chi connectivity index (χ0) is 22.4. The van der Waals surface area contributed by atoms with Crippen molar-refractivity contribution < 1.29 is 19.1 Å². The van der Waals surface area contributed by atoms with Gasteiger partial charge in [-0.15, -0.1) is 0 Å². The number of carbonyl (C=O) groups is 3. The number of nitrogens with one attached hydrogen (secondary N) is 1. The highest BCUT2D eigenvalue weighted by atomic mass is 35.5. The van der Waals surface area contributed by atoms with Gasteiger partial charge in [0.2, 0.25) is 11.7 Å². The van der Waals surface area contributed by atoms with Crippen molar-refractivity contribution in [1.82, 2.24) is 10.2 Å². The highest BCUT2D eigenvalue weighted by Gasteiger charge is 2.48. The number of benzene rings is 2. The van der Waals surface area contributed by atoms with Gasteiger partial charge in [0, 0.05) is 12.6 Å². The summed E-state index contributed by atoms with van der Waals surface area (Å²) in [5.74, 6) is -2.06. The molecule has 1 aliphatic rings. The largest absolute Gasteiger partial charge is 0.492 e. The topological polar surface area (TPSA) is 75.7 Å². The summed E-state index contributed by atoms with van der Waals surface area (Å²) in [6.45, 7) is 2.58. The van der Waals surface area contributed by atoms with E-state index in [9.17, 15) is 14.4 Å². The fourth-order valence-corrected chi connectivity index (χ4v) is 3.91. The molecule has 0 aliphatic carbocycles. The minimum absolute atomic E-state index is 0.238. The number of hydrogen-bond acceptors (Lipinski definition) is 4. The minimum Gasteiger partial charge on any atom is -0.492 e. The third kappa shape index (κ3) is 5.77. The van der Waals surface area contributed by atoms with Gasteiger partial charge >= 0.3 is 0 Å². The maximum absolute atomic E-state index is 12.6. The van der Waals surface area contributed by atoms with Gasteiger partial charge in [0.1, 0.15) is 18.3 Å². The molecule has 0 radical (unpaired) electrons. The average molecular weight is 463 g/mol. The molecule has 1 saturated heterocycles. The minimum atomic E-state index is -1.01. The summed E-state index contributed by atoms with van der Waals surface area (Å²) in [6, 6.07) is 14.1. The van der Waals surface area contributed by atoms with Crippen molar-refractivity contribution in [1.29, 1.82) is 0 Å². The molecule has 2 unspecified atom stereocenters. The predicted octanol–water partition coefficient (Wildman–Crippen LogP) is 3.54. The van der Waals surface area contributed by atoms with Crippen LogP contribution in [-0.4, -0.2) is 48.2 Å². The third-order valence-corrected chi connectivity index (χ3v) is 6.02. The molecule has 31 heavy (non-hydrogen) atoms. The van der Waals surface area contributed by atoms with Crippen molar-refractivity contribution >= 4 is 40.8 Å². The zero-order valence-electron chi connectivity index (χ0n) is 17.1. The molecule has 1 N–H and O–H groups in total. The molecule has 2 aromatic rings. The van der Waals surface area contributed by atoms with Crippen molar-refractivity contribution in [3.63, 3.8) is 0 Å². The van der Waals surface area contributed by atoms with Crippen LogP contribution in [-0.2, 0) is 20.8 Å². The number of hydrogen-bond donors (Lipinski definition) is 1. The molecule has 8 heteroatoms. The van der Waals surface area contributed by atoms with E-state index in [1.165, 1.54) is 4.90 Å². The highest BCUT2D eigenvalue weighted by molar-refractivity contribution is 6.43. The van der Waals surface area contributed by atoms with Crippen molar-refractivity contribution in [3.8, 4) is 5.75 Å². The molecule has 1 heterocycles. The third-order valence-electron chi connectivity index (χ3n) is 5.28. The first kappa shape index (κ1) is 23.1. The zero-order valence-corrected chi connectivity index (χ0v) is 18.7. The molecule has 1 fully saturated rings. The van der Waals surface area contributed by atoms with Gasteiger partial charge in [0.15, 0.2) is 0 Å². The summed E-state index contributed by atoms with van der Waals surface area (Å²) in [4.78, 5) is 38.8. The summed E-state index contributed by atoms with van der Waals surface area (Å²) < 4.78 is 5.61. The van der Waals surface area contributed by atoms with E-state index in [2.05, 4.69) is 5.32 Å². The van der Waals surface area contributed by atoms with Crippen molar-refractivity contribution in [2.24, 2.45) is 5.92 Å². The monoisotopic (exact) mass is 462 g/mol. The molecule has 6 nitrogen and oxygen atoms in total. The summed E-state index contributed by atoms with van der Waals surface area (Å²) in [6.07, 6.45) is 1.37. The first-order chi connectivity index (χ1) is 14.9. The Balaban J connectivity index is 1.47. The van der Waals surface area contributed by atoms with Crippen LogP contribution in [0.4, 0.5) is 0 Å². The number of amides is 2. The van der Waals surface area contributed by atoms with Gasteiger partial charge in [-0.2, -0.15) is 0 Å². The van der Waals surface area contributed by atoms with Gasteiger partial charge in [-0.05, 0) is 49.6 Å². The standard InChI is InChI=1S/C23H24Cl2N2O4/c1-15-20(22(29)26-11-5-6-16-9-10-18(24)19(25)14-16)21(28)23(30)27(15)12-13-31-17-7-3-2-4-8-17/h2-4,7-10,14-15,20H,5-6,11-13H2,1H3,(H,26,29). The van der Waals surface area contributed by atoms with E-state index >= 15 is 0 Å². The van der Waals surface area contributed by atoms with Crippen LogP contribution in [0.1, 0.15) is 18.9 Å². The lowest BCUT2D eigenvalue weighted by Gasteiger charge is -2.23. The van der Waals surface area contributed by atoms with E-state index in [4.69, 9.17) is 27.9 Å². The van der Waals surface area contributed by atoms with Gasteiger partial charge < -0.3 is 15.0 Å². The molecule has 0 spiro atoms. The van der Waals surface area contributed by atoms with Crippen molar-refractivity contribution in [2.45, 2.75) is 25.8 Å². The summed E-state index contributed by atoms with van der Waals surface area (Å²) >= 11 is 11.9. The average Bonchev–Trinajstić information content (AvgIpc) is 2.97. The molecule has 0 saturated carbocycles. The number of carbonyl (C=O) groups excluding carboxylic acids is 3. The number of halogens is 2. The molecular formula is C23H24Cl2N2O4. The maximum atomic E-state index is 12.6. The fraction of sp³-hybridized carbons (Fsp3) is 0.348. The van der Waals surface area contributed by atoms with Gasteiger partial charge in [-0.25, -0.2) is 0 Å². The number of rotatable bonds is 9. The lowest BCUT2D eigenvalue weighted by molar-refractivity contribution is -0.142. The fourth-order valence-electron chi connectivity index (χ4n) is 3.59. The van der Waals surface area contributed by atoms with E-state index in [-0.39, 0.29) is 13.2 Å². The smallest absolute Gasteiger partial charge is 0.291 e. The predicted molar refractivity (Wildman–Crippen MR) is 119 cm³/mol. The molecule has 0 bridgehead atoms. The molecule has 164 valence electrons. The normalized spacial score (nSPS) is 18.4. The molecule has 2 atom stereocenters. The van der Waals surface area contributed by atoms with Crippen LogP contribution in [0.5, 0.6) is 5.75 Å². The van der Waals surface area contributed by atoms with Crippen LogP contribution in [0, 0.1) is 5.92 Å². The number of likely N-dealkylation sites (tertiary alicyclic amines) is 1. The number of ether oxygens (including phenoxy) is 1. The second kappa shape index (κ2) is 10.6. The molecule has 3 rings (SSSR count). The van der Waals surface area contributed by atoms with Gasteiger partial charge in [0.05, 0.1) is 16.6 Å². The van der Waals surface area contributed by atoms with E-state index in [0.29, 0.717) is 35.2 Å². The first-order valence-corrected chi connectivity index (χ1v) is 10.9. The van der Waals surface area contributed by atoms with E-state index in [0.717, 1.165) is 5.56 Å². The Morgan fingerprint density at radius 1 is 1.10 bits per heavy atom. The van der Waals surface area contributed by atoms with Crippen molar-refractivity contribution in [3.05, 3.63) is 64.1 Å². The number of nitrogens with zero attached hydrogens (tertiary/aromatic N) is 1. The lowest BCUT2D eigenvalue weighted by Crippen LogP contribution is -2.41. The van der Waals surface area contributed by atoms with Gasteiger partial charge in [-0.1, -0.05) is 47.5 Å².